The maximum absolute atomic E-state index is 11.0. The Labute approximate surface area is 117 Å². The largest absolute Gasteiger partial charge is 0.375 e. The van der Waals surface area contributed by atoms with Crippen LogP contribution in [-0.2, 0) is 13.6 Å². The van der Waals surface area contributed by atoms with Crippen molar-refractivity contribution in [3.05, 3.63) is 50.8 Å². The summed E-state index contributed by atoms with van der Waals surface area (Å²) in [7, 11) is 1.89. The van der Waals surface area contributed by atoms with Crippen LogP contribution in [0.1, 0.15) is 22.5 Å². The molecule has 106 valence electrons. The van der Waals surface area contributed by atoms with Crippen LogP contribution in [0.15, 0.2) is 18.2 Å². The Morgan fingerprint density at radius 1 is 1.35 bits per heavy atom. The summed E-state index contributed by atoms with van der Waals surface area (Å²) in [4.78, 5) is 10.7. The fraction of sp³-hybridized carbons (Fsp3) is 0.357. The first-order valence-electron chi connectivity index (χ1n) is 6.38. The summed E-state index contributed by atoms with van der Waals surface area (Å²) in [5.41, 5.74) is 4.69. The molecule has 0 aliphatic carbocycles. The number of nitro groups is 1. The van der Waals surface area contributed by atoms with E-state index in [-0.39, 0.29) is 10.6 Å². The van der Waals surface area contributed by atoms with Crippen LogP contribution in [0.2, 0.25) is 0 Å². The molecule has 0 aliphatic heterocycles. The molecule has 0 saturated carbocycles. The van der Waals surface area contributed by atoms with Crippen LogP contribution in [0.5, 0.6) is 0 Å². The Morgan fingerprint density at radius 3 is 2.60 bits per heavy atom. The van der Waals surface area contributed by atoms with Gasteiger partial charge in [0.2, 0.25) is 0 Å². The molecule has 0 amide bonds. The van der Waals surface area contributed by atoms with Gasteiger partial charge in [0.15, 0.2) is 0 Å². The lowest BCUT2D eigenvalue weighted by molar-refractivity contribution is -0.384. The zero-order valence-corrected chi connectivity index (χ0v) is 12.1. The molecular weight excluding hydrogens is 256 g/mol. The van der Waals surface area contributed by atoms with E-state index < -0.39 is 0 Å². The number of nitrogens with one attached hydrogen (secondary N) is 1. The van der Waals surface area contributed by atoms with Gasteiger partial charge in [-0.05, 0) is 32.4 Å². The molecule has 1 aromatic heterocycles. The molecule has 2 aromatic rings. The van der Waals surface area contributed by atoms with Crippen molar-refractivity contribution in [1.82, 2.24) is 9.78 Å². The molecule has 1 heterocycles. The van der Waals surface area contributed by atoms with Gasteiger partial charge in [0.1, 0.15) is 5.69 Å². The molecule has 20 heavy (non-hydrogen) atoms. The van der Waals surface area contributed by atoms with Crippen molar-refractivity contribution in [2.24, 2.45) is 7.05 Å². The zero-order chi connectivity index (χ0) is 14.9. The van der Waals surface area contributed by atoms with Crippen molar-refractivity contribution in [2.45, 2.75) is 27.3 Å². The van der Waals surface area contributed by atoms with Gasteiger partial charge >= 0.3 is 0 Å². The standard InChI is InChI=1S/C14H18N4O2/c1-9-5-6-14(18(19)20)13(7-9)15-8-12-10(2)16-17(4)11(12)3/h5-7,15H,8H2,1-4H3. The lowest BCUT2D eigenvalue weighted by Gasteiger charge is -2.08. The first-order chi connectivity index (χ1) is 9.40. The molecule has 0 aliphatic rings. The average molecular weight is 274 g/mol. The molecule has 0 unspecified atom stereocenters. The van der Waals surface area contributed by atoms with Gasteiger partial charge in [-0.15, -0.1) is 0 Å². The Kier molecular flexibility index (Phi) is 3.74. The number of nitro benzene ring substituents is 1. The maximum Gasteiger partial charge on any atom is 0.292 e. The van der Waals surface area contributed by atoms with Crippen LogP contribution in [0.3, 0.4) is 0 Å². The van der Waals surface area contributed by atoms with Crippen LogP contribution in [0, 0.1) is 30.9 Å². The average Bonchev–Trinajstić information content (AvgIpc) is 2.61. The summed E-state index contributed by atoms with van der Waals surface area (Å²) in [6, 6.07) is 5.06. The third-order valence-electron chi connectivity index (χ3n) is 3.46. The topological polar surface area (TPSA) is 73.0 Å². The van der Waals surface area contributed by atoms with Crippen LogP contribution < -0.4 is 5.32 Å². The fourth-order valence-corrected chi connectivity index (χ4v) is 2.21. The van der Waals surface area contributed by atoms with E-state index in [2.05, 4.69) is 10.4 Å². The molecule has 0 radical (unpaired) electrons. The summed E-state index contributed by atoms with van der Waals surface area (Å²) in [6.45, 7) is 6.36. The molecule has 0 spiro atoms. The second kappa shape index (κ2) is 5.32. The Bertz CT molecular complexity index is 661. The Hall–Kier alpha value is -2.37. The van der Waals surface area contributed by atoms with Gasteiger partial charge in [-0.1, -0.05) is 6.07 Å². The fourth-order valence-electron chi connectivity index (χ4n) is 2.21. The molecule has 0 atom stereocenters. The second-order valence-electron chi connectivity index (χ2n) is 4.90. The van der Waals surface area contributed by atoms with Gasteiger partial charge in [0.05, 0.1) is 10.6 Å². The van der Waals surface area contributed by atoms with Crippen molar-refractivity contribution in [3.8, 4) is 0 Å². The molecule has 1 N–H and O–H groups in total. The quantitative estimate of drug-likeness (QED) is 0.687. The minimum Gasteiger partial charge on any atom is -0.375 e. The normalized spacial score (nSPS) is 10.6. The highest BCUT2D eigenvalue weighted by Gasteiger charge is 2.15. The predicted octanol–water partition coefficient (Wildman–Crippen LogP) is 2.87. The molecular formula is C14H18N4O2. The van der Waals surface area contributed by atoms with Crippen molar-refractivity contribution < 1.29 is 4.92 Å². The van der Waals surface area contributed by atoms with E-state index in [0.29, 0.717) is 12.2 Å². The van der Waals surface area contributed by atoms with Crippen LogP contribution in [0.4, 0.5) is 11.4 Å². The number of aryl methyl sites for hydroxylation is 3. The van der Waals surface area contributed by atoms with Crippen LogP contribution >= 0.6 is 0 Å². The van der Waals surface area contributed by atoms with Crippen molar-refractivity contribution in [1.29, 1.82) is 0 Å². The molecule has 0 saturated heterocycles. The Morgan fingerprint density at radius 2 is 2.05 bits per heavy atom. The minimum atomic E-state index is -0.370. The smallest absolute Gasteiger partial charge is 0.292 e. The molecule has 0 fully saturated rings. The lowest BCUT2D eigenvalue weighted by atomic mass is 10.1. The summed E-state index contributed by atoms with van der Waals surface area (Å²) in [5.74, 6) is 0. The van der Waals surface area contributed by atoms with Crippen molar-refractivity contribution >= 4 is 11.4 Å². The minimum absolute atomic E-state index is 0.0924. The van der Waals surface area contributed by atoms with Crippen molar-refractivity contribution in [3.63, 3.8) is 0 Å². The molecule has 0 bridgehead atoms. The summed E-state index contributed by atoms with van der Waals surface area (Å²) < 4.78 is 1.82. The summed E-state index contributed by atoms with van der Waals surface area (Å²) in [5, 5.41) is 18.5. The van der Waals surface area contributed by atoms with E-state index in [9.17, 15) is 10.1 Å². The molecule has 2 rings (SSSR count). The number of benzene rings is 1. The van der Waals surface area contributed by atoms with Gasteiger partial charge in [0.25, 0.3) is 5.69 Å². The zero-order valence-electron chi connectivity index (χ0n) is 12.1. The van der Waals surface area contributed by atoms with Gasteiger partial charge < -0.3 is 5.32 Å². The van der Waals surface area contributed by atoms with Crippen LogP contribution in [-0.4, -0.2) is 14.7 Å². The van der Waals surface area contributed by atoms with Gasteiger partial charge in [-0.2, -0.15) is 5.10 Å². The number of hydrogen-bond donors (Lipinski definition) is 1. The van der Waals surface area contributed by atoms with Crippen molar-refractivity contribution in [2.75, 3.05) is 5.32 Å². The molecule has 1 aromatic carbocycles. The highest BCUT2D eigenvalue weighted by Crippen LogP contribution is 2.26. The third-order valence-corrected chi connectivity index (χ3v) is 3.46. The number of hydrogen-bond acceptors (Lipinski definition) is 4. The third kappa shape index (κ3) is 2.64. The monoisotopic (exact) mass is 274 g/mol. The van der Waals surface area contributed by atoms with E-state index in [1.807, 2.05) is 32.5 Å². The van der Waals surface area contributed by atoms with E-state index in [4.69, 9.17) is 0 Å². The second-order valence-corrected chi connectivity index (χ2v) is 4.90. The summed E-state index contributed by atoms with van der Waals surface area (Å²) >= 11 is 0. The van der Waals surface area contributed by atoms with E-state index in [1.54, 1.807) is 12.1 Å². The van der Waals surface area contributed by atoms with E-state index in [0.717, 1.165) is 22.5 Å². The molecule has 6 nitrogen and oxygen atoms in total. The lowest BCUT2D eigenvalue weighted by Crippen LogP contribution is -2.05. The predicted molar refractivity (Wildman–Crippen MR) is 77.8 cm³/mol. The number of aromatic nitrogens is 2. The number of nitrogens with zero attached hydrogens (tertiary/aromatic N) is 3. The first-order valence-corrected chi connectivity index (χ1v) is 6.38. The highest BCUT2D eigenvalue weighted by atomic mass is 16.6. The highest BCUT2D eigenvalue weighted by molar-refractivity contribution is 5.62. The van der Waals surface area contributed by atoms with Gasteiger partial charge in [0, 0.05) is 30.9 Å². The summed E-state index contributed by atoms with van der Waals surface area (Å²) in [6.07, 6.45) is 0. The van der Waals surface area contributed by atoms with E-state index in [1.165, 1.54) is 6.07 Å². The van der Waals surface area contributed by atoms with Crippen LogP contribution in [0.25, 0.3) is 0 Å². The molecule has 6 heteroatoms. The SMILES string of the molecule is Cc1ccc([N+](=O)[O-])c(NCc2c(C)nn(C)c2C)c1. The van der Waals surface area contributed by atoms with Gasteiger partial charge in [-0.3, -0.25) is 14.8 Å². The maximum atomic E-state index is 11.0. The first kappa shape index (κ1) is 14.0. The Balaban J connectivity index is 2.27. The number of rotatable bonds is 4. The number of anilines is 1. The van der Waals surface area contributed by atoms with Gasteiger partial charge in [-0.25, -0.2) is 0 Å². The van der Waals surface area contributed by atoms with E-state index >= 15 is 0 Å².